The molecule has 0 saturated heterocycles. The predicted molar refractivity (Wildman–Crippen MR) is 84.6 cm³/mol. The van der Waals surface area contributed by atoms with Gasteiger partial charge >= 0.3 is 5.97 Å². The highest BCUT2D eigenvalue weighted by Crippen LogP contribution is 2.23. The molecule has 1 aliphatic rings. The second-order valence-electron chi connectivity index (χ2n) is 4.83. The highest BCUT2D eigenvalue weighted by Gasteiger charge is 2.23. The van der Waals surface area contributed by atoms with E-state index in [4.69, 9.17) is 9.47 Å². The minimum absolute atomic E-state index is 0.287. The minimum atomic E-state index is -0.433. The number of esters is 1. The van der Waals surface area contributed by atoms with Gasteiger partial charge in [-0.2, -0.15) is 0 Å². The molecule has 0 radical (unpaired) electrons. The molecule has 0 spiro atoms. The summed E-state index contributed by atoms with van der Waals surface area (Å²) in [5.74, 6) is 0.670. The predicted octanol–water partition coefficient (Wildman–Crippen LogP) is 3.23. The van der Waals surface area contributed by atoms with E-state index < -0.39 is 5.97 Å². The van der Waals surface area contributed by atoms with Crippen molar-refractivity contribution < 1.29 is 14.3 Å². The molecule has 110 valence electrons. The molecule has 4 heteroatoms. The number of benzene rings is 2. The molecule has 2 aromatic carbocycles. The third-order valence-electron chi connectivity index (χ3n) is 3.29. The number of cyclic esters (lactones) is 1. The van der Waals surface area contributed by atoms with Crippen LogP contribution < -0.4 is 4.74 Å². The zero-order valence-corrected chi connectivity index (χ0v) is 12.2. The van der Waals surface area contributed by atoms with Crippen LogP contribution in [0, 0.1) is 0 Å². The molecule has 0 N–H and O–H groups in total. The first kappa shape index (κ1) is 14.1. The topological polar surface area (TPSA) is 47.9 Å². The molecule has 2 aromatic rings. The highest BCUT2D eigenvalue weighted by molar-refractivity contribution is 6.07. The van der Waals surface area contributed by atoms with E-state index in [1.54, 1.807) is 13.2 Å². The number of aliphatic imine (C=N–C) groups is 1. The van der Waals surface area contributed by atoms with Crippen molar-refractivity contribution in [3.05, 3.63) is 71.4 Å². The van der Waals surface area contributed by atoms with Gasteiger partial charge in [0.1, 0.15) is 5.75 Å². The molecule has 1 heterocycles. The van der Waals surface area contributed by atoms with Gasteiger partial charge in [0.2, 0.25) is 5.90 Å². The summed E-state index contributed by atoms with van der Waals surface area (Å²) in [4.78, 5) is 16.2. The average molecular weight is 293 g/mol. The van der Waals surface area contributed by atoms with Gasteiger partial charge in [-0.25, -0.2) is 9.79 Å². The zero-order valence-electron chi connectivity index (χ0n) is 12.2. The van der Waals surface area contributed by atoms with Gasteiger partial charge in [-0.1, -0.05) is 48.5 Å². The Morgan fingerprint density at radius 2 is 1.82 bits per heavy atom. The van der Waals surface area contributed by atoms with Crippen molar-refractivity contribution in [3.8, 4) is 5.75 Å². The van der Waals surface area contributed by atoms with Crippen molar-refractivity contribution in [2.75, 3.05) is 7.11 Å². The molecular weight excluding hydrogens is 278 g/mol. The van der Waals surface area contributed by atoms with Crippen molar-refractivity contribution in [2.24, 2.45) is 4.99 Å². The van der Waals surface area contributed by atoms with E-state index in [9.17, 15) is 4.79 Å². The summed E-state index contributed by atoms with van der Waals surface area (Å²) in [6.07, 6.45) is 2.18. The van der Waals surface area contributed by atoms with Crippen LogP contribution >= 0.6 is 0 Å². The molecule has 0 fully saturated rings. The molecule has 0 aliphatic carbocycles. The van der Waals surface area contributed by atoms with Crippen LogP contribution in [-0.2, 0) is 16.0 Å². The van der Waals surface area contributed by atoms with Gasteiger partial charge in [0.05, 0.1) is 7.11 Å². The lowest BCUT2D eigenvalue weighted by Crippen LogP contribution is -2.06. The van der Waals surface area contributed by atoms with Crippen LogP contribution in [0.4, 0.5) is 0 Å². The van der Waals surface area contributed by atoms with Gasteiger partial charge in [-0.15, -0.1) is 0 Å². The molecule has 0 atom stereocenters. The Morgan fingerprint density at radius 1 is 1.09 bits per heavy atom. The maximum absolute atomic E-state index is 11.9. The Hall–Kier alpha value is -2.88. The standard InChI is InChI=1S/C18H15NO3/c1-21-16-10-6-5-9-14(16)12-15-18(20)22-17(19-15)11-13-7-3-2-4-8-13/h2-10,12H,11H2,1H3/b15-12-. The number of rotatable bonds is 4. The average Bonchev–Trinajstić information content (AvgIpc) is 2.88. The molecular formula is C18H15NO3. The first-order valence-electron chi connectivity index (χ1n) is 6.94. The smallest absolute Gasteiger partial charge is 0.363 e. The number of nitrogens with zero attached hydrogens (tertiary/aromatic N) is 1. The van der Waals surface area contributed by atoms with E-state index in [0.29, 0.717) is 18.1 Å². The quantitative estimate of drug-likeness (QED) is 0.642. The van der Waals surface area contributed by atoms with Crippen LogP contribution in [0.5, 0.6) is 5.75 Å². The van der Waals surface area contributed by atoms with E-state index in [-0.39, 0.29) is 5.70 Å². The summed E-state index contributed by atoms with van der Waals surface area (Å²) in [5.41, 5.74) is 2.13. The number of methoxy groups -OCH3 is 1. The first-order chi connectivity index (χ1) is 10.8. The van der Waals surface area contributed by atoms with Crippen LogP contribution in [0.25, 0.3) is 6.08 Å². The number of carbonyl (C=O) groups is 1. The second-order valence-corrected chi connectivity index (χ2v) is 4.83. The van der Waals surface area contributed by atoms with Crippen molar-refractivity contribution in [2.45, 2.75) is 6.42 Å². The van der Waals surface area contributed by atoms with E-state index in [1.807, 2.05) is 54.6 Å². The lowest BCUT2D eigenvalue weighted by Gasteiger charge is -2.03. The Morgan fingerprint density at radius 3 is 2.59 bits per heavy atom. The SMILES string of the molecule is COc1ccccc1/C=C1\N=C(Cc2ccccc2)OC1=O. The van der Waals surface area contributed by atoms with Gasteiger partial charge in [0.15, 0.2) is 5.70 Å². The Balaban J connectivity index is 1.85. The molecule has 4 nitrogen and oxygen atoms in total. The Bertz CT molecular complexity index is 748. The number of hydrogen-bond acceptors (Lipinski definition) is 4. The van der Waals surface area contributed by atoms with E-state index in [2.05, 4.69) is 4.99 Å². The van der Waals surface area contributed by atoms with E-state index in [1.165, 1.54) is 0 Å². The van der Waals surface area contributed by atoms with Gasteiger partial charge < -0.3 is 9.47 Å². The molecule has 0 saturated carbocycles. The van der Waals surface area contributed by atoms with Crippen LogP contribution in [-0.4, -0.2) is 19.0 Å². The van der Waals surface area contributed by atoms with Gasteiger partial charge in [0, 0.05) is 12.0 Å². The van der Waals surface area contributed by atoms with Crippen LogP contribution in [0.2, 0.25) is 0 Å². The maximum Gasteiger partial charge on any atom is 0.363 e. The number of ether oxygens (including phenoxy) is 2. The summed E-state index contributed by atoms with van der Waals surface area (Å²) < 4.78 is 10.5. The summed E-state index contributed by atoms with van der Waals surface area (Å²) >= 11 is 0. The molecule has 0 unspecified atom stereocenters. The normalized spacial score (nSPS) is 15.6. The van der Waals surface area contributed by atoms with Crippen molar-refractivity contribution in [3.63, 3.8) is 0 Å². The number of carbonyl (C=O) groups excluding carboxylic acids is 1. The summed E-state index contributed by atoms with van der Waals surface area (Å²) in [5, 5.41) is 0. The third kappa shape index (κ3) is 3.06. The van der Waals surface area contributed by atoms with Gasteiger partial charge in [-0.05, 0) is 17.7 Å². The second kappa shape index (κ2) is 6.26. The number of para-hydroxylation sites is 1. The van der Waals surface area contributed by atoms with Crippen LogP contribution in [0.3, 0.4) is 0 Å². The zero-order chi connectivity index (χ0) is 15.4. The lowest BCUT2D eigenvalue weighted by molar-refractivity contribution is -0.130. The van der Waals surface area contributed by atoms with Crippen LogP contribution in [0.15, 0.2) is 65.3 Å². The molecule has 1 aliphatic heterocycles. The van der Waals surface area contributed by atoms with Crippen molar-refractivity contribution in [1.82, 2.24) is 0 Å². The van der Waals surface area contributed by atoms with Gasteiger partial charge in [0.25, 0.3) is 0 Å². The van der Waals surface area contributed by atoms with E-state index >= 15 is 0 Å². The van der Waals surface area contributed by atoms with Gasteiger partial charge in [-0.3, -0.25) is 0 Å². The maximum atomic E-state index is 11.9. The van der Waals surface area contributed by atoms with Crippen molar-refractivity contribution >= 4 is 17.9 Å². The Kier molecular flexibility index (Phi) is 4.01. The highest BCUT2D eigenvalue weighted by atomic mass is 16.6. The number of hydrogen-bond donors (Lipinski definition) is 0. The molecule has 22 heavy (non-hydrogen) atoms. The molecule has 3 rings (SSSR count). The lowest BCUT2D eigenvalue weighted by atomic mass is 10.1. The fourth-order valence-corrected chi connectivity index (χ4v) is 2.23. The summed E-state index contributed by atoms with van der Waals surface area (Å²) in [7, 11) is 1.59. The summed E-state index contributed by atoms with van der Waals surface area (Å²) in [6, 6.07) is 17.2. The minimum Gasteiger partial charge on any atom is -0.496 e. The summed E-state index contributed by atoms with van der Waals surface area (Å²) in [6.45, 7) is 0. The third-order valence-corrected chi connectivity index (χ3v) is 3.29. The fourth-order valence-electron chi connectivity index (χ4n) is 2.23. The molecule has 0 amide bonds. The van der Waals surface area contributed by atoms with E-state index in [0.717, 1.165) is 11.1 Å². The van der Waals surface area contributed by atoms with Crippen molar-refractivity contribution in [1.29, 1.82) is 0 Å². The largest absolute Gasteiger partial charge is 0.496 e. The van der Waals surface area contributed by atoms with Crippen LogP contribution in [0.1, 0.15) is 11.1 Å². The Labute approximate surface area is 128 Å². The fraction of sp³-hybridized carbons (Fsp3) is 0.111. The molecule has 0 bridgehead atoms. The molecule has 0 aromatic heterocycles. The monoisotopic (exact) mass is 293 g/mol. The first-order valence-corrected chi connectivity index (χ1v) is 6.94.